The lowest BCUT2D eigenvalue weighted by Crippen LogP contribution is -2.57. The van der Waals surface area contributed by atoms with E-state index in [0.717, 1.165) is 18.9 Å². The van der Waals surface area contributed by atoms with Crippen LogP contribution in [0.25, 0.3) is 0 Å². The van der Waals surface area contributed by atoms with Gasteiger partial charge in [0, 0.05) is 25.2 Å². The van der Waals surface area contributed by atoms with Gasteiger partial charge >= 0.3 is 0 Å². The minimum absolute atomic E-state index is 0.145. The lowest BCUT2D eigenvalue weighted by molar-refractivity contribution is -0.157. The molecule has 1 unspecified atom stereocenters. The third kappa shape index (κ3) is 4.99. The summed E-state index contributed by atoms with van der Waals surface area (Å²) >= 11 is 0. The largest absolute Gasteiger partial charge is 0.497 e. The second-order valence-electron chi connectivity index (χ2n) is 7.94. The first-order valence-electron chi connectivity index (χ1n) is 10.1. The van der Waals surface area contributed by atoms with E-state index in [9.17, 15) is 14.3 Å². The molecule has 2 aliphatic rings. The first-order valence-corrected chi connectivity index (χ1v) is 10.1. The Labute approximate surface area is 160 Å². The molecule has 2 N–H and O–H groups in total. The van der Waals surface area contributed by atoms with Crippen molar-refractivity contribution >= 4 is 5.91 Å². The molecule has 3 rings (SSSR count). The smallest absolute Gasteiger partial charge is 0.256 e. The summed E-state index contributed by atoms with van der Waals surface area (Å²) in [4.78, 5) is 14.4. The van der Waals surface area contributed by atoms with Crippen molar-refractivity contribution in [3.8, 4) is 5.75 Å². The zero-order valence-corrected chi connectivity index (χ0v) is 16.2. The van der Waals surface area contributed by atoms with Crippen molar-refractivity contribution in [3.63, 3.8) is 0 Å². The molecule has 27 heavy (non-hydrogen) atoms. The number of carbonyl (C=O) groups excluding carboxylic acids is 1. The van der Waals surface area contributed by atoms with Crippen molar-refractivity contribution in [2.24, 2.45) is 5.92 Å². The molecular weight excluding hydrogens is 347 g/mol. The number of hydrogen-bond acceptors (Lipinski definition) is 4. The normalized spacial score (nSPS) is 23.8. The molecule has 0 bridgehead atoms. The average Bonchev–Trinajstić information content (AvgIpc) is 3.18. The average molecular weight is 378 g/mol. The van der Waals surface area contributed by atoms with Crippen LogP contribution in [0.15, 0.2) is 18.2 Å². The first-order chi connectivity index (χ1) is 13.0. The summed E-state index contributed by atoms with van der Waals surface area (Å²) in [5, 5.41) is 14.2. The minimum Gasteiger partial charge on any atom is -0.497 e. The van der Waals surface area contributed by atoms with Gasteiger partial charge < -0.3 is 20.1 Å². The van der Waals surface area contributed by atoms with Gasteiger partial charge in [-0.1, -0.05) is 25.7 Å². The van der Waals surface area contributed by atoms with Gasteiger partial charge in [0.25, 0.3) is 5.91 Å². The van der Waals surface area contributed by atoms with Crippen LogP contribution in [0.2, 0.25) is 0 Å². The van der Waals surface area contributed by atoms with Crippen LogP contribution in [-0.2, 0) is 11.3 Å². The van der Waals surface area contributed by atoms with E-state index in [1.807, 2.05) is 0 Å². The summed E-state index contributed by atoms with van der Waals surface area (Å²) in [7, 11) is 1.53. The molecule has 1 saturated heterocycles. The second-order valence-corrected chi connectivity index (χ2v) is 7.94. The molecule has 0 radical (unpaired) electrons. The van der Waals surface area contributed by atoms with Crippen molar-refractivity contribution in [1.29, 1.82) is 0 Å². The lowest BCUT2D eigenvalue weighted by Gasteiger charge is -2.38. The summed E-state index contributed by atoms with van der Waals surface area (Å²) in [5.74, 6) is 0.651. The van der Waals surface area contributed by atoms with E-state index in [2.05, 4.69) is 5.32 Å². The Hall–Kier alpha value is -1.66. The number of rotatable bonds is 8. The van der Waals surface area contributed by atoms with Gasteiger partial charge in [0.05, 0.1) is 7.11 Å². The molecule has 1 aromatic rings. The number of carbonyl (C=O) groups is 1. The third-order valence-corrected chi connectivity index (χ3v) is 5.94. The van der Waals surface area contributed by atoms with E-state index in [1.165, 1.54) is 38.9 Å². The maximum atomic E-state index is 14.1. The quantitative estimate of drug-likeness (QED) is 0.683. The molecule has 1 saturated carbocycles. The van der Waals surface area contributed by atoms with Gasteiger partial charge in [0.2, 0.25) is 0 Å². The third-order valence-electron chi connectivity index (χ3n) is 5.94. The second kappa shape index (κ2) is 9.02. The molecule has 0 spiro atoms. The van der Waals surface area contributed by atoms with Crippen molar-refractivity contribution in [1.82, 2.24) is 10.2 Å². The SMILES string of the molecule is COc1ccc(F)c(CN2CCCC(O)(CNCCC3CCCC3)C2=O)c1. The van der Waals surface area contributed by atoms with Gasteiger partial charge in [0.15, 0.2) is 5.60 Å². The number of amides is 1. The lowest BCUT2D eigenvalue weighted by atomic mass is 9.91. The Balaban J connectivity index is 1.55. The number of piperidine rings is 1. The Bertz CT molecular complexity index is 648. The van der Waals surface area contributed by atoms with Gasteiger partial charge in [-0.15, -0.1) is 0 Å². The highest BCUT2D eigenvalue weighted by Gasteiger charge is 2.41. The highest BCUT2D eigenvalue weighted by Crippen LogP contribution is 2.28. The first kappa shape index (κ1) is 20.1. The van der Waals surface area contributed by atoms with Crippen molar-refractivity contribution < 1.29 is 19.0 Å². The Morgan fingerprint density at radius 2 is 2.11 bits per heavy atom. The molecule has 5 nitrogen and oxygen atoms in total. The topological polar surface area (TPSA) is 61.8 Å². The molecule has 1 amide bonds. The fourth-order valence-corrected chi connectivity index (χ4v) is 4.29. The number of nitrogens with zero attached hydrogens (tertiary/aromatic N) is 1. The van der Waals surface area contributed by atoms with E-state index in [-0.39, 0.29) is 24.8 Å². The number of methoxy groups -OCH3 is 1. The summed E-state index contributed by atoms with van der Waals surface area (Å²) in [5.41, 5.74) is -0.996. The Morgan fingerprint density at radius 3 is 2.85 bits per heavy atom. The molecule has 2 fully saturated rings. The van der Waals surface area contributed by atoms with Gasteiger partial charge in [0.1, 0.15) is 11.6 Å². The number of likely N-dealkylation sites (tertiary alicyclic amines) is 1. The summed E-state index contributed by atoms with van der Waals surface area (Å²) < 4.78 is 19.3. The predicted molar refractivity (Wildman–Crippen MR) is 102 cm³/mol. The number of nitrogens with one attached hydrogen (secondary N) is 1. The Morgan fingerprint density at radius 1 is 1.33 bits per heavy atom. The number of hydrogen-bond donors (Lipinski definition) is 2. The molecule has 1 aromatic carbocycles. The minimum atomic E-state index is -1.40. The van der Waals surface area contributed by atoms with Crippen LogP contribution in [0, 0.1) is 11.7 Å². The van der Waals surface area contributed by atoms with Gasteiger partial charge in [-0.3, -0.25) is 4.79 Å². The van der Waals surface area contributed by atoms with Crippen molar-refractivity contribution in [2.75, 3.05) is 26.7 Å². The Kier molecular flexibility index (Phi) is 6.71. The standard InChI is InChI=1S/C21H31FN2O3/c1-27-18-7-8-19(22)17(13-18)14-24-12-4-10-21(26,20(24)25)15-23-11-9-16-5-2-3-6-16/h7-8,13,16,23,26H,2-6,9-12,14-15H2,1H3. The van der Waals surface area contributed by atoms with Crippen LogP contribution in [-0.4, -0.2) is 48.3 Å². The zero-order valence-electron chi connectivity index (χ0n) is 16.2. The number of aliphatic hydroxyl groups is 1. The molecule has 1 aliphatic carbocycles. The van der Waals surface area contributed by atoms with Crippen LogP contribution in [0.4, 0.5) is 4.39 Å². The molecule has 6 heteroatoms. The maximum Gasteiger partial charge on any atom is 0.256 e. The van der Waals surface area contributed by atoms with Crippen LogP contribution in [0.1, 0.15) is 50.5 Å². The summed E-state index contributed by atoms with van der Waals surface area (Å²) in [6, 6.07) is 4.51. The molecule has 1 heterocycles. The number of halogens is 1. The highest BCUT2D eigenvalue weighted by molar-refractivity contribution is 5.86. The zero-order chi connectivity index (χ0) is 19.3. The predicted octanol–water partition coefficient (Wildman–Crippen LogP) is 2.86. The highest BCUT2D eigenvalue weighted by atomic mass is 19.1. The van der Waals surface area contributed by atoms with Gasteiger partial charge in [-0.2, -0.15) is 0 Å². The summed E-state index contributed by atoms with van der Waals surface area (Å²) in [6.07, 6.45) is 7.49. The molecule has 1 aliphatic heterocycles. The fraction of sp³-hybridized carbons (Fsp3) is 0.667. The van der Waals surface area contributed by atoms with E-state index < -0.39 is 5.60 Å². The maximum absolute atomic E-state index is 14.1. The van der Waals surface area contributed by atoms with Crippen LogP contribution in [0.3, 0.4) is 0 Å². The monoisotopic (exact) mass is 378 g/mol. The van der Waals surface area contributed by atoms with E-state index in [0.29, 0.717) is 30.7 Å². The van der Waals surface area contributed by atoms with Crippen molar-refractivity contribution in [3.05, 3.63) is 29.6 Å². The van der Waals surface area contributed by atoms with E-state index in [1.54, 1.807) is 17.0 Å². The number of ether oxygens (including phenoxy) is 1. The number of benzene rings is 1. The van der Waals surface area contributed by atoms with Gasteiger partial charge in [-0.05, 0) is 49.9 Å². The van der Waals surface area contributed by atoms with Crippen LogP contribution >= 0.6 is 0 Å². The molecule has 150 valence electrons. The summed E-state index contributed by atoms with van der Waals surface area (Å²) in [6.45, 7) is 1.76. The van der Waals surface area contributed by atoms with E-state index in [4.69, 9.17) is 4.74 Å². The van der Waals surface area contributed by atoms with Crippen LogP contribution < -0.4 is 10.1 Å². The van der Waals surface area contributed by atoms with Gasteiger partial charge in [-0.25, -0.2) is 4.39 Å². The fourth-order valence-electron chi connectivity index (χ4n) is 4.29. The molecule has 1 atom stereocenters. The molecular formula is C21H31FN2O3. The van der Waals surface area contributed by atoms with E-state index >= 15 is 0 Å². The molecule has 0 aromatic heterocycles. The van der Waals surface area contributed by atoms with Crippen LogP contribution in [0.5, 0.6) is 5.75 Å². The van der Waals surface area contributed by atoms with Crippen molar-refractivity contribution in [2.45, 2.75) is 57.1 Å².